The molecule has 1 aromatic carbocycles. The second-order valence-corrected chi connectivity index (χ2v) is 7.53. The van der Waals surface area contributed by atoms with Crippen LogP contribution >= 0.6 is 0 Å². The smallest absolute Gasteiger partial charge is 0.317 e. The molecule has 0 aliphatic carbocycles. The first-order chi connectivity index (χ1) is 12.0. The van der Waals surface area contributed by atoms with Gasteiger partial charge in [-0.3, -0.25) is 4.90 Å². The molecule has 0 spiro atoms. The number of nitrogens with zero attached hydrogens (tertiary/aromatic N) is 2. The number of carbonyl (C=O) groups excluding carboxylic acids is 1. The minimum Gasteiger partial charge on any atom is -0.392 e. The van der Waals surface area contributed by atoms with E-state index >= 15 is 0 Å². The van der Waals surface area contributed by atoms with Crippen LogP contribution in [-0.4, -0.2) is 59.3 Å². The third-order valence-corrected chi connectivity index (χ3v) is 5.84. The lowest BCUT2D eigenvalue weighted by Gasteiger charge is -2.41. The number of rotatable bonds is 3. The lowest BCUT2D eigenvalue weighted by atomic mass is 9.99. The number of benzene rings is 1. The first-order valence-corrected chi connectivity index (χ1v) is 9.54. The lowest BCUT2D eigenvalue weighted by molar-refractivity contribution is 0.0291. The molecule has 0 unspecified atom stereocenters. The summed E-state index contributed by atoms with van der Waals surface area (Å²) in [5, 5.41) is 12.9. The van der Waals surface area contributed by atoms with Crippen LogP contribution in [0.1, 0.15) is 42.4 Å². The fraction of sp³-hybridized carbons (Fsp3) is 0.650. The average molecular weight is 345 g/mol. The second kappa shape index (κ2) is 8.19. The normalized spacial score (nSPS) is 22.8. The number of piperidine rings is 2. The van der Waals surface area contributed by atoms with Crippen molar-refractivity contribution >= 4 is 6.03 Å². The van der Waals surface area contributed by atoms with Gasteiger partial charge in [-0.2, -0.15) is 0 Å². The summed E-state index contributed by atoms with van der Waals surface area (Å²) in [6, 6.07) is 6.78. The maximum absolute atomic E-state index is 12.5. The number of likely N-dealkylation sites (tertiary alicyclic amines) is 2. The monoisotopic (exact) mass is 345 g/mol. The van der Waals surface area contributed by atoms with Gasteiger partial charge in [0.15, 0.2) is 0 Å². The zero-order valence-corrected chi connectivity index (χ0v) is 15.5. The highest BCUT2D eigenvalue weighted by Gasteiger charge is 2.29. The third kappa shape index (κ3) is 4.53. The summed E-state index contributed by atoms with van der Waals surface area (Å²) in [6.45, 7) is 8.28. The van der Waals surface area contributed by atoms with Crippen molar-refractivity contribution in [3.05, 3.63) is 34.9 Å². The van der Waals surface area contributed by atoms with Crippen LogP contribution in [0.25, 0.3) is 0 Å². The van der Waals surface area contributed by atoms with Crippen LogP contribution in [0.3, 0.4) is 0 Å². The van der Waals surface area contributed by atoms with Crippen molar-refractivity contribution in [1.82, 2.24) is 15.1 Å². The van der Waals surface area contributed by atoms with Gasteiger partial charge in [-0.15, -0.1) is 0 Å². The average Bonchev–Trinajstić information content (AvgIpc) is 2.63. The number of hydrogen-bond donors (Lipinski definition) is 2. The van der Waals surface area contributed by atoms with E-state index in [0.29, 0.717) is 12.6 Å². The number of carbonyl (C=O) groups is 1. The second-order valence-electron chi connectivity index (χ2n) is 7.53. The molecule has 2 heterocycles. The topological polar surface area (TPSA) is 55.8 Å². The van der Waals surface area contributed by atoms with Crippen molar-refractivity contribution in [3.8, 4) is 0 Å². The Bertz CT molecular complexity index is 597. The van der Waals surface area contributed by atoms with Gasteiger partial charge in [-0.25, -0.2) is 4.79 Å². The number of amides is 2. The molecule has 2 amide bonds. The van der Waals surface area contributed by atoms with Crippen LogP contribution < -0.4 is 5.32 Å². The zero-order chi connectivity index (χ0) is 17.8. The van der Waals surface area contributed by atoms with Crippen molar-refractivity contribution in [2.75, 3.05) is 26.2 Å². The van der Waals surface area contributed by atoms with Gasteiger partial charge in [-0.1, -0.05) is 18.2 Å². The standard InChI is InChI=1S/C20H31N3O2/c1-15-5-3-6-17(16(15)2)13-21-20(25)22-11-8-18(9-12-22)23-10-4-7-19(24)14-23/h3,5-6,18-19,24H,4,7-14H2,1-2H3,(H,21,25)/t19-/m1/s1. The van der Waals surface area contributed by atoms with Gasteiger partial charge in [0.1, 0.15) is 0 Å². The molecule has 2 aliphatic heterocycles. The number of β-amino-alcohol motifs (C(OH)–C–C–N with tert-alkyl or cyclic N) is 1. The van der Waals surface area contributed by atoms with Crippen molar-refractivity contribution in [2.45, 2.75) is 58.2 Å². The van der Waals surface area contributed by atoms with Gasteiger partial charge in [0.2, 0.25) is 0 Å². The molecule has 2 saturated heterocycles. The highest BCUT2D eigenvalue weighted by Crippen LogP contribution is 2.21. The van der Waals surface area contributed by atoms with Crippen LogP contribution in [0, 0.1) is 13.8 Å². The number of hydrogen-bond acceptors (Lipinski definition) is 3. The molecule has 5 heteroatoms. The maximum atomic E-state index is 12.5. The summed E-state index contributed by atoms with van der Waals surface area (Å²) in [7, 11) is 0. The van der Waals surface area contributed by atoms with Crippen molar-refractivity contribution in [2.24, 2.45) is 0 Å². The number of nitrogens with one attached hydrogen (secondary N) is 1. The highest BCUT2D eigenvalue weighted by molar-refractivity contribution is 5.74. The summed E-state index contributed by atoms with van der Waals surface area (Å²) < 4.78 is 0. The van der Waals surface area contributed by atoms with Crippen LogP contribution in [0.5, 0.6) is 0 Å². The van der Waals surface area contributed by atoms with Gasteiger partial charge in [0, 0.05) is 32.2 Å². The number of aliphatic hydroxyl groups excluding tert-OH is 1. The fourth-order valence-electron chi connectivity index (χ4n) is 4.04. The van der Waals surface area contributed by atoms with Gasteiger partial charge in [0.05, 0.1) is 6.10 Å². The molecule has 138 valence electrons. The van der Waals surface area contributed by atoms with Crippen molar-refractivity contribution in [1.29, 1.82) is 0 Å². The van der Waals surface area contributed by atoms with Gasteiger partial charge >= 0.3 is 6.03 Å². The summed E-state index contributed by atoms with van der Waals surface area (Å²) >= 11 is 0. The summed E-state index contributed by atoms with van der Waals surface area (Å²) in [5.74, 6) is 0. The highest BCUT2D eigenvalue weighted by atomic mass is 16.3. The first-order valence-electron chi connectivity index (χ1n) is 9.54. The molecule has 1 aromatic rings. The molecule has 2 aliphatic rings. The number of urea groups is 1. The SMILES string of the molecule is Cc1cccc(CNC(=O)N2CCC(N3CCC[C@@H](O)C3)CC2)c1C. The van der Waals surface area contributed by atoms with Crippen LogP contribution in [0.4, 0.5) is 4.79 Å². The Labute approximate surface area is 151 Å². The van der Waals surface area contributed by atoms with E-state index in [0.717, 1.165) is 51.9 Å². The van der Waals surface area contributed by atoms with Gasteiger partial charge < -0.3 is 15.3 Å². The van der Waals surface area contributed by atoms with E-state index in [1.165, 1.54) is 16.7 Å². The molecule has 2 fully saturated rings. The molecule has 0 aromatic heterocycles. The molecule has 1 atom stereocenters. The van der Waals surface area contributed by atoms with Crippen LogP contribution in [-0.2, 0) is 6.54 Å². The van der Waals surface area contributed by atoms with Gasteiger partial charge in [0.25, 0.3) is 0 Å². The van der Waals surface area contributed by atoms with E-state index in [2.05, 4.69) is 36.2 Å². The van der Waals surface area contributed by atoms with Crippen LogP contribution in [0.2, 0.25) is 0 Å². The van der Waals surface area contributed by atoms with E-state index in [1.807, 2.05) is 11.0 Å². The van der Waals surface area contributed by atoms with Crippen molar-refractivity contribution in [3.63, 3.8) is 0 Å². The Morgan fingerprint density at radius 1 is 1.20 bits per heavy atom. The molecule has 3 rings (SSSR count). The quantitative estimate of drug-likeness (QED) is 0.885. The molecule has 0 radical (unpaired) electrons. The fourth-order valence-corrected chi connectivity index (χ4v) is 4.04. The third-order valence-electron chi connectivity index (χ3n) is 5.84. The van der Waals surface area contributed by atoms with Crippen LogP contribution in [0.15, 0.2) is 18.2 Å². The predicted molar refractivity (Wildman–Crippen MR) is 99.6 cm³/mol. The Hall–Kier alpha value is -1.59. The van der Waals surface area contributed by atoms with Crippen molar-refractivity contribution < 1.29 is 9.90 Å². The van der Waals surface area contributed by atoms with E-state index in [4.69, 9.17) is 0 Å². The molecule has 0 saturated carbocycles. The molecule has 0 bridgehead atoms. The summed E-state index contributed by atoms with van der Waals surface area (Å²) in [5.41, 5.74) is 3.70. The Kier molecular flexibility index (Phi) is 5.97. The minimum absolute atomic E-state index is 0.0398. The summed E-state index contributed by atoms with van der Waals surface area (Å²) in [6.07, 6.45) is 3.84. The maximum Gasteiger partial charge on any atom is 0.317 e. The Balaban J connectivity index is 1.46. The minimum atomic E-state index is -0.173. The molecule has 2 N–H and O–H groups in total. The number of aryl methyl sites for hydroxylation is 1. The molecular formula is C20H31N3O2. The molecular weight excluding hydrogens is 314 g/mol. The van der Waals surface area contributed by atoms with E-state index in [1.54, 1.807) is 0 Å². The largest absolute Gasteiger partial charge is 0.392 e. The first kappa shape index (κ1) is 18.2. The zero-order valence-electron chi connectivity index (χ0n) is 15.5. The molecule has 5 nitrogen and oxygen atoms in total. The summed E-state index contributed by atoms with van der Waals surface area (Å²) in [4.78, 5) is 16.8. The van der Waals surface area contributed by atoms with Gasteiger partial charge in [-0.05, 0) is 62.8 Å². The Morgan fingerprint density at radius 3 is 2.68 bits per heavy atom. The Morgan fingerprint density at radius 2 is 1.96 bits per heavy atom. The van der Waals surface area contributed by atoms with E-state index < -0.39 is 0 Å². The predicted octanol–water partition coefficient (Wildman–Crippen LogP) is 2.43. The van der Waals surface area contributed by atoms with E-state index in [-0.39, 0.29) is 12.1 Å². The molecule has 25 heavy (non-hydrogen) atoms. The van der Waals surface area contributed by atoms with E-state index in [9.17, 15) is 9.90 Å². The number of aliphatic hydroxyl groups is 1. The lowest BCUT2D eigenvalue weighted by Crippen LogP contribution is -2.52.